The number of fused-ring (bicyclic) bond motifs is 1. The minimum absolute atomic E-state index is 0. The molecule has 3 aromatic rings. The molecule has 1 aliphatic rings. The van der Waals surface area contributed by atoms with Crippen molar-refractivity contribution in [2.75, 3.05) is 33.4 Å². The van der Waals surface area contributed by atoms with Crippen LogP contribution in [0.5, 0.6) is 11.5 Å². The second-order valence-corrected chi connectivity index (χ2v) is 7.19. The molecule has 7 nitrogen and oxygen atoms in total. The zero-order valence-corrected chi connectivity index (χ0v) is 18.3. The van der Waals surface area contributed by atoms with E-state index >= 15 is 0 Å². The van der Waals surface area contributed by atoms with Gasteiger partial charge < -0.3 is 20.1 Å². The molecule has 1 aliphatic heterocycles. The molecule has 164 valence electrons. The number of carbonyl (C=O) groups is 1. The van der Waals surface area contributed by atoms with Crippen LogP contribution in [0.2, 0.25) is 0 Å². The Balaban J connectivity index is 0.00000272. The first-order chi connectivity index (χ1) is 14.7. The molecule has 0 saturated carbocycles. The largest absolute Gasteiger partial charge is 0.493 e. The number of methoxy groups -OCH3 is 1. The van der Waals surface area contributed by atoms with E-state index < -0.39 is 0 Å². The maximum absolute atomic E-state index is 13.2. The molecule has 2 heterocycles. The fraction of sp³-hybridized carbons (Fsp3) is 0.304. The summed E-state index contributed by atoms with van der Waals surface area (Å²) < 4.78 is 11.0. The Morgan fingerprint density at radius 1 is 1.13 bits per heavy atom. The summed E-state index contributed by atoms with van der Waals surface area (Å²) >= 11 is 0. The van der Waals surface area contributed by atoms with Crippen LogP contribution < -0.4 is 15.2 Å². The van der Waals surface area contributed by atoms with Crippen LogP contribution in [0.4, 0.5) is 0 Å². The number of hydrogen-bond donors (Lipinski definition) is 2. The van der Waals surface area contributed by atoms with Gasteiger partial charge in [-0.25, -0.2) is 0 Å². The van der Waals surface area contributed by atoms with Crippen LogP contribution in [0.25, 0.3) is 11.3 Å². The maximum atomic E-state index is 13.2. The first-order valence-corrected chi connectivity index (χ1v) is 10.1. The van der Waals surface area contributed by atoms with Gasteiger partial charge >= 0.3 is 0 Å². The normalized spacial score (nSPS) is 13.0. The van der Waals surface area contributed by atoms with E-state index in [4.69, 9.17) is 15.2 Å². The van der Waals surface area contributed by atoms with Crippen LogP contribution in [0.15, 0.2) is 48.5 Å². The number of carbonyl (C=O) groups excluding carboxylic acids is 1. The smallest absolute Gasteiger partial charge is 0.254 e. The molecule has 0 atom stereocenters. The minimum atomic E-state index is -0.0189. The molecule has 1 aromatic heterocycles. The van der Waals surface area contributed by atoms with Gasteiger partial charge in [-0.2, -0.15) is 5.10 Å². The monoisotopic (exact) mass is 442 g/mol. The second kappa shape index (κ2) is 10.3. The van der Waals surface area contributed by atoms with Gasteiger partial charge in [0.15, 0.2) is 11.5 Å². The van der Waals surface area contributed by atoms with E-state index in [0.717, 1.165) is 29.8 Å². The number of H-pyrrole nitrogens is 1. The van der Waals surface area contributed by atoms with Crippen molar-refractivity contribution in [2.24, 2.45) is 5.73 Å². The highest BCUT2D eigenvalue weighted by Gasteiger charge is 2.24. The lowest BCUT2D eigenvalue weighted by Gasteiger charge is -2.21. The van der Waals surface area contributed by atoms with Crippen molar-refractivity contribution in [1.29, 1.82) is 0 Å². The molecule has 8 heteroatoms. The number of rotatable bonds is 6. The highest BCUT2D eigenvalue weighted by atomic mass is 35.5. The number of nitrogens with zero attached hydrogens (tertiary/aromatic N) is 2. The fourth-order valence-electron chi connectivity index (χ4n) is 3.79. The second-order valence-electron chi connectivity index (χ2n) is 7.19. The van der Waals surface area contributed by atoms with Crippen molar-refractivity contribution in [3.8, 4) is 22.8 Å². The van der Waals surface area contributed by atoms with Crippen molar-refractivity contribution in [2.45, 2.75) is 12.8 Å². The number of ether oxygens (including phenoxy) is 2. The van der Waals surface area contributed by atoms with Gasteiger partial charge in [-0.3, -0.25) is 9.89 Å². The molecular formula is C23H27ClN4O3. The summed E-state index contributed by atoms with van der Waals surface area (Å²) in [6, 6.07) is 15.4. The average molecular weight is 443 g/mol. The molecule has 31 heavy (non-hydrogen) atoms. The average Bonchev–Trinajstić information content (AvgIpc) is 3.08. The maximum Gasteiger partial charge on any atom is 0.254 e. The molecule has 0 saturated heterocycles. The number of benzene rings is 2. The number of aromatic nitrogens is 2. The Morgan fingerprint density at radius 2 is 1.90 bits per heavy atom. The third-order valence-electron chi connectivity index (χ3n) is 5.34. The summed E-state index contributed by atoms with van der Waals surface area (Å²) in [5.74, 6) is 1.10. The number of aromatic amines is 1. The van der Waals surface area contributed by atoms with Crippen molar-refractivity contribution >= 4 is 18.3 Å². The van der Waals surface area contributed by atoms with Crippen molar-refractivity contribution in [3.63, 3.8) is 0 Å². The molecule has 0 radical (unpaired) electrons. The molecule has 0 fully saturated rings. The Labute approximate surface area is 187 Å². The highest BCUT2D eigenvalue weighted by molar-refractivity contribution is 5.95. The van der Waals surface area contributed by atoms with Crippen LogP contribution in [-0.2, 0) is 12.8 Å². The quantitative estimate of drug-likeness (QED) is 0.611. The van der Waals surface area contributed by atoms with E-state index in [-0.39, 0.29) is 18.3 Å². The topological polar surface area (TPSA) is 93.5 Å². The highest BCUT2D eigenvalue weighted by Crippen LogP contribution is 2.30. The lowest BCUT2D eigenvalue weighted by atomic mass is 10.0. The molecule has 0 spiro atoms. The molecule has 0 bridgehead atoms. The van der Waals surface area contributed by atoms with Gasteiger partial charge in [0.05, 0.1) is 12.8 Å². The molecule has 1 amide bonds. The Morgan fingerprint density at radius 3 is 2.65 bits per heavy atom. The van der Waals surface area contributed by atoms with Gasteiger partial charge in [-0.15, -0.1) is 12.4 Å². The van der Waals surface area contributed by atoms with Gasteiger partial charge in [0.2, 0.25) is 0 Å². The van der Waals surface area contributed by atoms with E-state index in [1.807, 2.05) is 23.1 Å². The number of halogens is 1. The minimum Gasteiger partial charge on any atom is -0.493 e. The third-order valence-corrected chi connectivity index (χ3v) is 5.34. The van der Waals surface area contributed by atoms with Crippen LogP contribution in [0.3, 0.4) is 0 Å². The Bertz CT molecular complexity index is 1020. The van der Waals surface area contributed by atoms with E-state index in [0.29, 0.717) is 43.3 Å². The lowest BCUT2D eigenvalue weighted by Crippen LogP contribution is -2.33. The van der Waals surface area contributed by atoms with E-state index in [1.54, 1.807) is 25.3 Å². The summed E-state index contributed by atoms with van der Waals surface area (Å²) in [5.41, 5.74) is 10.5. The number of hydrogen-bond acceptors (Lipinski definition) is 5. The Kier molecular flexibility index (Phi) is 7.55. The summed E-state index contributed by atoms with van der Waals surface area (Å²) in [5, 5.41) is 7.70. The first-order valence-electron chi connectivity index (χ1n) is 10.1. The number of nitrogens with two attached hydrogens (primary N) is 1. The van der Waals surface area contributed by atoms with E-state index in [2.05, 4.69) is 22.3 Å². The number of nitrogens with one attached hydrogen (secondary N) is 1. The zero-order chi connectivity index (χ0) is 20.9. The van der Waals surface area contributed by atoms with Crippen LogP contribution in [0, 0.1) is 0 Å². The summed E-state index contributed by atoms with van der Waals surface area (Å²) in [6.07, 6.45) is 1.50. The first kappa shape index (κ1) is 22.7. The third kappa shape index (κ3) is 4.84. The molecule has 3 N–H and O–H groups in total. The molecule has 2 aromatic carbocycles. The lowest BCUT2D eigenvalue weighted by molar-refractivity contribution is 0.0762. The summed E-state index contributed by atoms with van der Waals surface area (Å²) in [6.45, 7) is 2.02. The van der Waals surface area contributed by atoms with Gasteiger partial charge in [0.1, 0.15) is 6.61 Å². The van der Waals surface area contributed by atoms with Crippen LogP contribution >= 0.6 is 12.4 Å². The summed E-state index contributed by atoms with van der Waals surface area (Å²) in [4.78, 5) is 15.1. The molecule has 0 aliphatic carbocycles. The zero-order valence-electron chi connectivity index (χ0n) is 17.5. The van der Waals surface area contributed by atoms with Gasteiger partial charge in [0.25, 0.3) is 5.91 Å². The predicted molar refractivity (Wildman–Crippen MR) is 122 cm³/mol. The Hall–Kier alpha value is -3.03. The van der Waals surface area contributed by atoms with Gasteiger partial charge in [-0.1, -0.05) is 30.3 Å². The van der Waals surface area contributed by atoms with Crippen LogP contribution in [-0.4, -0.2) is 54.4 Å². The fourth-order valence-corrected chi connectivity index (χ4v) is 3.79. The van der Waals surface area contributed by atoms with E-state index in [9.17, 15) is 4.79 Å². The SMILES string of the molecule is COc1ccc(C(=O)N2CCc3[nH]nc(-c4ccccc4)c3CC2)cc1OCCN.Cl. The van der Waals surface area contributed by atoms with Crippen molar-refractivity contribution in [3.05, 3.63) is 65.4 Å². The van der Waals surface area contributed by atoms with Crippen molar-refractivity contribution in [1.82, 2.24) is 15.1 Å². The summed E-state index contributed by atoms with van der Waals surface area (Å²) in [7, 11) is 1.58. The standard InChI is InChI=1S/C23H26N4O3.ClH/c1-29-20-8-7-17(15-21(20)30-14-11-24)23(28)27-12-9-18-19(10-13-27)25-26-22(18)16-5-3-2-4-6-16;/h2-8,15H,9-14,24H2,1H3,(H,25,26);1H. The predicted octanol–water partition coefficient (Wildman–Crippen LogP) is 3.09. The number of amides is 1. The van der Waals surface area contributed by atoms with E-state index in [1.165, 1.54) is 5.56 Å². The van der Waals surface area contributed by atoms with Crippen LogP contribution in [0.1, 0.15) is 21.6 Å². The molecular weight excluding hydrogens is 416 g/mol. The van der Waals surface area contributed by atoms with Gasteiger partial charge in [0, 0.05) is 48.4 Å². The van der Waals surface area contributed by atoms with Gasteiger partial charge in [-0.05, 0) is 24.6 Å². The van der Waals surface area contributed by atoms with Crippen molar-refractivity contribution < 1.29 is 14.3 Å². The molecule has 0 unspecified atom stereocenters. The molecule has 4 rings (SSSR count).